The molecule has 3 rings (SSSR count). The fraction of sp³-hybridized carbons (Fsp3) is 0.786. The van der Waals surface area contributed by atoms with E-state index in [2.05, 4.69) is 28.4 Å². The molecule has 4 nitrogen and oxygen atoms in total. The molecule has 0 bridgehead atoms. The smallest absolute Gasteiger partial charge is 0.0896 e. The van der Waals surface area contributed by atoms with Gasteiger partial charge in [0.2, 0.25) is 0 Å². The lowest BCUT2D eigenvalue weighted by Crippen LogP contribution is -2.36. The second-order valence-corrected chi connectivity index (χ2v) is 6.81. The summed E-state index contributed by atoms with van der Waals surface area (Å²) in [7, 11) is 1.96. The average molecular weight is 281 g/mol. The molecule has 0 amide bonds. The van der Waals surface area contributed by atoms with Crippen LogP contribution in [0, 0.1) is 5.92 Å². The van der Waals surface area contributed by atoms with Gasteiger partial charge in [-0.1, -0.05) is 0 Å². The number of thioether (sulfide) groups is 1. The lowest BCUT2D eigenvalue weighted by Gasteiger charge is -2.25. The molecule has 106 valence electrons. The molecule has 5 heteroatoms. The number of rotatable bonds is 4. The van der Waals surface area contributed by atoms with Crippen molar-refractivity contribution in [1.82, 2.24) is 15.1 Å². The quantitative estimate of drug-likeness (QED) is 0.916. The summed E-state index contributed by atoms with van der Waals surface area (Å²) >= 11 is 2.08. The van der Waals surface area contributed by atoms with Gasteiger partial charge in [0.25, 0.3) is 0 Å². The van der Waals surface area contributed by atoms with Crippen LogP contribution in [0.25, 0.3) is 0 Å². The summed E-state index contributed by atoms with van der Waals surface area (Å²) in [5.41, 5.74) is 1.23. The highest BCUT2D eigenvalue weighted by Gasteiger charge is 2.30. The van der Waals surface area contributed by atoms with Gasteiger partial charge in [0.05, 0.1) is 12.3 Å². The molecule has 1 N–H and O–H groups in total. The standard InChI is InChI=1S/C14H23N3OS/c1-17-10-12(9-16-17)14-11(2-5-18-14)8-15-13-3-6-19-7-4-13/h9-11,13-15H,2-8H2,1H3. The summed E-state index contributed by atoms with van der Waals surface area (Å²) in [6, 6.07) is 0.719. The van der Waals surface area contributed by atoms with Crippen LogP contribution in [0.15, 0.2) is 12.4 Å². The van der Waals surface area contributed by atoms with E-state index >= 15 is 0 Å². The van der Waals surface area contributed by atoms with Crippen molar-refractivity contribution in [2.75, 3.05) is 24.7 Å². The molecule has 2 aliphatic rings. The fourth-order valence-corrected chi connectivity index (χ4v) is 4.12. The van der Waals surface area contributed by atoms with Crippen molar-refractivity contribution < 1.29 is 4.74 Å². The van der Waals surface area contributed by atoms with Gasteiger partial charge in [-0.25, -0.2) is 0 Å². The minimum Gasteiger partial charge on any atom is -0.373 e. The van der Waals surface area contributed by atoms with Gasteiger partial charge in [0.1, 0.15) is 0 Å². The van der Waals surface area contributed by atoms with Crippen molar-refractivity contribution in [3.63, 3.8) is 0 Å². The van der Waals surface area contributed by atoms with Gasteiger partial charge in [0, 0.05) is 43.9 Å². The van der Waals surface area contributed by atoms with Crippen LogP contribution in [-0.2, 0) is 11.8 Å². The lowest BCUT2D eigenvalue weighted by molar-refractivity contribution is 0.0896. The Morgan fingerprint density at radius 3 is 3.00 bits per heavy atom. The Morgan fingerprint density at radius 1 is 1.42 bits per heavy atom. The maximum absolute atomic E-state index is 5.91. The van der Waals surface area contributed by atoms with Crippen molar-refractivity contribution in [1.29, 1.82) is 0 Å². The third-order valence-electron chi connectivity index (χ3n) is 4.16. The molecule has 0 saturated carbocycles. The topological polar surface area (TPSA) is 39.1 Å². The van der Waals surface area contributed by atoms with Crippen LogP contribution in [0.1, 0.15) is 30.9 Å². The molecule has 0 aliphatic carbocycles. The van der Waals surface area contributed by atoms with Gasteiger partial charge < -0.3 is 10.1 Å². The number of nitrogens with one attached hydrogen (secondary N) is 1. The summed E-state index contributed by atoms with van der Waals surface area (Å²) in [4.78, 5) is 0. The lowest BCUT2D eigenvalue weighted by atomic mass is 9.96. The number of nitrogens with zero attached hydrogens (tertiary/aromatic N) is 2. The molecule has 2 fully saturated rings. The van der Waals surface area contributed by atoms with Crippen LogP contribution < -0.4 is 5.32 Å². The van der Waals surface area contributed by atoms with E-state index in [0.717, 1.165) is 25.6 Å². The largest absolute Gasteiger partial charge is 0.373 e. The van der Waals surface area contributed by atoms with Gasteiger partial charge >= 0.3 is 0 Å². The highest BCUT2D eigenvalue weighted by atomic mass is 32.2. The molecule has 0 radical (unpaired) electrons. The van der Waals surface area contributed by atoms with Gasteiger partial charge in [-0.3, -0.25) is 4.68 Å². The van der Waals surface area contributed by atoms with E-state index in [1.165, 1.54) is 29.9 Å². The van der Waals surface area contributed by atoms with Crippen molar-refractivity contribution in [3.8, 4) is 0 Å². The minimum absolute atomic E-state index is 0.235. The third-order valence-corrected chi connectivity index (χ3v) is 5.21. The molecular weight excluding hydrogens is 258 g/mol. The molecular formula is C14H23N3OS. The number of hydrogen-bond donors (Lipinski definition) is 1. The fourth-order valence-electron chi connectivity index (χ4n) is 3.02. The molecule has 2 unspecified atom stereocenters. The van der Waals surface area contributed by atoms with Crippen molar-refractivity contribution in [3.05, 3.63) is 18.0 Å². The summed E-state index contributed by atoms with van der Waals surface area (Å²) in [5.74, 6) is 3.22. The van der Waals surface area contributed by atoms with E-state index in [-0.39, 0.29) is 6.10 Å². The highest BCUT2D eigenvalue weighted by Crippen LogP contribution is 2.34. The average Bonchev–Trinajstić information content (AvgIpc) is 3.06. The Morgan fingerprint density at radius 2 is 2.26 bits per heavy atom. The van der Waals surface area contributed by atoms with Gasteiger partial charge in [-0.15, -0.1) is 0 Å². The second kappa shape index (κ2) is 6.29. The van der Waals surface area contributed by atoms with Crippen molar-refractivity contribution >= 4 is 11.8 Å². The molecule has 2 atom stereocenters. The first-order chi connectivity index (χ1) is 9.33. The summed E-state index contributed by atoms with van der Waals surface area (Å²) < 4.78 is 7.77. The Bertz CT molecular complexity index is 403. The zero-order chi connectivity index (χ0) is 13.1. The van der Waals surface area contributed by atoms with Crippen LogP contribution >= 0.6 is 11.8 Å². The van der Waals surface area contributed by atoms with Gasteiger partial charge in [-0.05, 0) is 30.8 Å². The van der Waals surface area contributed by atoms with E-state index in [9.17, 15) is 0 Å². The maximum atomic E-state index is 5.91. The monoisotopic (exact) mass is 281 g/mol. The molecule has 2 saturated heterocycles. The predicted molar refractivity (Wildman–Crippen MR) is 78.4 cm³/mol. The number of hydrogen-bond acceptors (Lipinski definition) is 4. The molecule has 2 aliphatic heterocycles. The summed E-state index contributed by atoms with van der Waals surface area (Å²) in [5, 5.41) is 8.01. The van der Waals surface area contributed by atoms with Crippen LogP contribution in [0.5, 0.6) is 0 Å². The van der Waals surface area contributed by atoms with E-state index in [1.807, 2.05) is 17.9 Å². The Balaban J connectivity index is 1.54. The van der Waals surface area contributed by atoms with Crippen molar-refractivity contribution in [2.24, 2.45) is 13.0 Å². The normalized spacial score (nSPS) is 28.9. The first kappa shape index (κ1) is 13.5. The van der Waals surface area contributed by atoms with E-state index in [1.54, 1.807) is 0 Å². The zero-order valence-electron chi connectivity index (χ0n) is 11.5. The van der Waals surface area contributed by atoms with E-state index in [4.69, 9.17) is 4.74 Å². The molecule has 3 heterocycles. The van der Waals surface area contributed by atoms with E-state index in [0.29, 0.717) is 5.92 Å². The van der Waals surface area contributed by atoms with Crippen LogP contribution in [0.4, 0.5) is 0 Å². The Kier molecular flexibility index (Phi) is 4.45. The second-order valence-electron chi connectivity index (χ2n) is 5.58. The Hall–Kier alpha value is -0.520. The minimum atomic E-state index is 0.235. The molecule has 0 spiro atoms. The van der Waals surface area contributed by atoms with Crippen LogP contribution in [-0.4, -0.2) is 40.5 Å². The number of aryl methyl sites for hydroxylation is 1. The first-order valence-electron chi connectivity index (χ1n) is 7.24. The Labute approximate surface area is 119 Å². The van der Waals surface area contributed by atoms with Crippen LogP contribution in [0.3, 0.4) is 0 Å². The SMILES string of the molecule is Cn1cc(C2OCCC2CNC2CCSCC2)cn1. The highest BCUT2D eigenvalue weighted by molar-refractivity contribution is 7.99. The predicted octanol–water partition coefficient (Wildman–Crippen LogP) is 1.98. The van der Waals surface area contributed by atoms with E-state index < -0.39 is 0 Å². The van der Waals surface area contributed by atoms with Crippen molar-refractivity contribution in [2.45, 2.75) is 31.4 Å². The van der Waals surface area contributed by atoms with Gasteiger partial charge in [-0.2, -0.15) is 16.9 Å². The number of ether oxygens (including phenoxy) is 1. The zero-order valence-corrected chi connectivity index (χ0v) is 12.4. The summed E-state index contributed by atoms with van der Waals surface area (Å²) in [6.07, 6.45) is 8.05. The van der Waals surface area contributed by atoms with Gasteiger partial charge in [0.15, 0.2) is 0 Å². The maximum Gasteiger partial charge on any atom is 0.0896 e. The molecule has 1 aromatic heterocycles. The molecule has 0 aromatic carbocycles. The van der Waals surface area contributed by atoms with Crippen LogP contribution in [0.2, 0.25) is 0 Å². The molecule has 19 heavy (non-hydrogen) atoms. The third kappa shape index (κ3) is 3.33. The first-order valence-corrected chi connectivity index (χ1v) is 8.39. The molecule has 1 aromatic rings. The summed E-state index contributed by atoms with van der Waals surface area (Å²) in [6.45, 7) is 1.96. The number of aromatic nitrogens is 2.